The first-order valence-electron chi connectivity index (χ1n) is 7.28. The molecular formula is C16H19F3N4. The Bertz CT molecular complexity index is 651. The summed E-state index contributed by atoms with van der Waals surface area (Å²) < 4.78 is 37.7. The van der Waals surface area contributed by atoms with Crippen molar-refractivity contribution >= 4 is 17.5 Å². The van der Waals surface area contributed by atoms with Gasteiger partial charge in [-0.15, -0.1) is 0 Å². The summed E-state index contributed by atoms with van der Waals surface area (Å²) in [6.07, 6.45) is -4.34. The molecule has 0 fully saturated rings. The maximum absolute atomic E-state index is 12.6. The smallest absolute Gasteiger partial charge is 0.354 e. The monoisotopic (exact) mass is 324 g/mol. The Kier molecular flexibility index (Phi) is 5.08. The van der Waals surface area contributed by atoms with E-state index in [-0.39, 0.29) is 0 Å². The normalized spacial score (nSPS) is 11.6. The largest absolute Gasteiger partial charge is 0.416 e. The lowest BCUT2D eigenvalue weighted by Gasteiger charge is -2.12. The Balaban J connectivity index is 2.13. The fraction of sp³-hybridized carbons (Fsp3) is 0.375. The molecule has 1 aromatic heterocycles. The van der Waals surface area contributed by atoms with Crippen LogP contribution in [0.5, 0.6) is 0 Å². The standard InChI is InChI=1S/C16H19F3N4/c1-10(2)9-20-15-21-11(3)8-14(23-15)22-13-6-4-12(5-7-13)16(17,18)19/h4-8,10H,9H2,1-3H3,(H2,20,21,22,23). The SMILES string of the molecule is Cc1cc(Nc2ccc(C(F)(F)F)cc2)nc(NCC(C)C)n1. The summed E-state index contributed by atoms with van der Waals surface area (Å²) in [5, 5.41) is 6.12. The third-order valence-electron chi connectivity index (χ3n) is 3.01. The van der Waals surface area contributed by atoms with Gasteiger partial charge in [-0.05, 0) is 37.1 Å². The molecule has 0 unspecified atom stereocenters. The molecule has 0 radical (unpaired) electrons. The van der Waals surface area contributed by atoms with Crippen molar-refractivity contribution in [3.63, 3.8) is 0 Å². The Hall–Kier alpha value is -2.31. The van der Waals surface area contributed by atoms with E-state index in [4.69, 9.17) is 0 Å². The molecule has 0 aliphatic rings. The predicted molar refractivity (Wildman–Crippen MR) is 84.8 cm³/mol. The van der Waals surface area contributed by atoms with Crippen molar-refractivity contribution in [1.29, 1.82) is 0 Å². The van der Waals surface area contributed by atoms with Crippen LogP contribution in [0.4, 0.5) is 30.6 Å². The minimum absolute atomic E-state index is 0.449. The molecule has 0 atom stereocenters. The van der Waals surface area contributed by atoms with Crippen LogP contribution in [0.25, 0.3) is 0 Å². The average molecular weight is 324 g/mol. The van der Waals surface area contributed by atoms with Crippen molar-refractivity contribution < 1.29 is 13.2 Å². The molecule has 23 heavy (non-hydrogen) atoms. The Morgan fingerprint density at radius 3 is 2.30 bits per heavy atom. The number of hydrogen-bond donors (Lipinski definition) is 2. The first-order valence-corrected chi connectivity index (χ1v) is 7.28. The van der Waals surface area contributed by atoms with E-state index < -0.39 is 11.7 Å². The molecule has 4 nitrogen and oxygen atoms in total. The molecule has 0 spiro atoms. The first-order chi connectivity index (χ1) is 10.7. The Morgan fingerprint density at radius 1 is 1.09 bits per heavy atom. The van der Waals surface area contributed by atoms with Crippen LogP contribution in [0.3, 0.4) is 0 Å². The molecule has 1 heterocycles. The fourth-order valence-corrected chi connectivity index (χ4v) is 1.90. The average Bonchev–Trinajstić information content (AvgIpc) is 2.44. The summed E-state index contributed by atoms with van der Waals surface area (Å²) in [6, 6.07) is 6.56. The van der Waals surface area contributed by atoms with E-state index >= 15 is 0 Å². The van der Waals surface area contributed by atoms with Crippen LogP contribution in [-0.4, -0.2) is 16.5 Å². The third kappa shape index (κ3) is 5.12. The number of aromatic nitrogens is 2. The third-order valence-corrected chi connectivity index (χ3v) is 3.01. The van der Waals surface area contributed by atoms with Crippen LogP contribution in [-0.2, 0) is 6.18 Å². The van der Waals surface area contributed by atoms with E-state index in [0.717, 1.165) is 24.4 Å². The summed E-state index contributed by atoms with van der Waals surface area (Å²) in [4.78, 5) is 8.60. The molecular weight excluding hydrogens is 305 g/mol. The number of rotatable bonds is 5. The predicted octanol–water partition coefficient (Wildman–Crippen LogP) is 4.62. The van der Waals surface area contributed by atoms with Gasteiger partial charge in [0.2, 0.25) is 5.95 Å². The minimum Gasteiger partial charge on any atom is -0.354 e. The fourth-order valence-electron chi connectivity index (χ4n) is 1.90. The molecule has 2 aromatic rings. The second kappa shape index (κ2) is 6.85. The molecule has 0 amide bonds. The van der Waals surface area contributed by atoms with Crippen molar-refractivity contribution in [2.45, 2.75) is 26.9 Å². The molecule has 0 aliphatic heterocycles. The van der Waals surface area contributed by atoms with Crippen molar-refractivity contribution in [1.82, 2.24) is 9.97 Å². The number of aryl methyl sites for hydroxylation is 1. The second-order valence-electron chi connectivity index (χ2n) is 5.69. The Labute approximate surface area is 133 Å². The number of alkyl halides is 3. The highest BCUT2D eigenvalue weighted by molar-refractivity contribution is 5.58. The van der Waals surface area contributed by atoms with E-state index in [1.165, 1.54) is 12.1 Å². The summed E-state index contributed by atoms with van der Waals surface area (Å²) in [5.74, 6) is 1.47. The van der Waals surface area contributed by atoms with E-state index in [2.05, 4.69) is 34.4 Å². The van der Waals surface area contributed by atoms with Crippen molar-refractivity contribution in [2.75, 3.05) is 17.2 Å². The number of benzene rings is 1. The zero-order valence-corrected chi connectivity index (χ0v) is 13.2. The maximum atomic E-state index is 12.6. The Morgan fingerprint density at radius 2 is 1.74 bits per heavy atom. The van der Waals surface area contributed by atoms with E-state index in [1.807, 2.05) is 6.92 Å². The van der Waals surface area contributed by atoms with Gasteiger partial charge in [-0.1, -0.05) is 13.8 Å². The summed E-state index contributed by atoms with van der Waals surface area (Å²) >= 11 is 0. The van der Waals surface area contributed by atoms with Gasteiger partial charge in [0.05, 0.1) is 5.56 Å². The maximum Gasteiger partial charge on any atom is 0.416 e. The molecule has 124 valence electrons. The van der Waals surface area contributed by atoms with Crippen molar-refractivity contribution in [3.05, 3.63) is 41.6 Å². The quantitative estimate of drug-likeness (QED) is 0.843. The highest BCUT2D eigenvalue weighted by atomic mass is 19.4. The van der Waals surface area contributed by atoms with Gasteiger partial charge in [-0.3, -0.25) is 0 Å². The zero-order valence-electron chi connectivity index (χ0n) is 13.2. The van der Waals surface area contributed by atoms with Crippen LogP contribution < -0.4 is 10.6 Å². The van der Waals surface area contributed by atoms with Crippen LogP contribution in [0.1, 0.15) is 25.1 Å². The summed E-state index contributed by atoms with van der Waals surface area (Å²) in [6.45, 7) is 6.72. The van der Waals surface area contributed by atoms with E-state index in [0.29, 0.717) is 23.4 Å². The molecule has 2 rings (SSSR count). The molecule has 0 saturated heterocycles. The number of halogens is 3. The van der Waals surface area contributed by atoms with Crippen molar-refractivity contribution in [3.8, 4) is 0 Å². The minimum atomic E-state index is -4.34. The van der Waals surface area contributed by atoms with Gasteiger partial charge in [0.1, 0.15) is 5.82 Å². The van der Waals surface area contributed by atoms with Crippen LogP contribution >= 0.6 is 0 Å². The molecule has 0 aliphatic carbocycles. The van der Waals surface area contributed by atoms with Gasteiger partial charge in [0, 0.05) is 24.0 Å². The van der Waals surface area contributed by atoms with Crippen LogP contribution in [0.15, 0.2) is 30.3 Å². The van der Waals surface area contributed by atoms with Gasteiger partial charge < -0.3 is 10.6 Å². The molecule has 2 N–H and O–H groups in total. The van der Waals surface area contributed by atoms with Gasteiger partial charge in [-0.2, -0.15) is 18.2 Å². The lowest BCUT2D eigenvalue weighted by Crippen LogP contribution is -2.11. The zero-order chi connectivity index (χ0) is 17.0. The number of nitrogens with one attached hydrogen (secondary N) is 2. The number of anilines is 3. The van der Waals surface area contributed by atoms with Crippen molar-refractivity contribution in [2.24, 2.45) is 5.92 Å². The van der Waals surface area contributed by atoms with Gasteiger partial charge in [0.25, 0.3) is 0 Å². The lowest BCUT2D eigenvalue weighted by molar-refractivity contribution is -0.137. The summed E-state index contributed by atoms with van der Waals surface area (Å²) in [5.41, 5.74) is 0.618. The molecule has 0 saturated carbocycles. The molecule has 0 bridgehead atoms. The molecule has 1 aromatic carbocycles. The van der Waals surface area contributed by atoms with E-state index in [9.17, 15) is 13.2 Å². The highest BCUT2D eigenvalue weighted by Gasteiger charge is 2.29. The second-order valence-corrected chi connectivity index (χ2v) is 5.69. The number of nitrogens with zero attached hydrogens (tertiary/aromatic N) is 2. The molecule has 7 heteroatoms. The highest BCUT2D eigenvalue weighted by Crippen LogP contribution is 2.30. The van der Waals surface area contributed by atoms with Crippen LogP contribution in [0, 0.1) is 12.8 Å². The van der Waals surface area contributed by atoms with E-state index in [1.54, 1.807) is 6.07 Å². The summed E-state index contributed by atoms with van der Waals surface area (Å²) in [7, 11) is 0. The topological polar surface area (TPSA) is 49.8 Å². The van der Waals surface area contributed by atoms with Gasteiger partial charge in [-0.25, -0.2) is 4.98 Å². The number of hydrogen-bond acceptors (Lipinski definition) is 4. The van der Waals surface area contributed by atoms with Crippen LogP contribution in [0.2, 0.25) is 0 Å². The van der Waals surface area contributed by atoms with Gasteiger partial charge >= 0.3 is 6.18 Å². The lowest BCUT2D eigenvalue weighted by atomic mass is 10.2. The first kappa shape index (κ1) is 17.1. The van der Waals surface area contributed by atoms with Gasteiger partial charge in [0.15, 0.2) is 0 Å².